The molecule has 0 aliphatic carbocycles. The molecule has 94 heavy (non-hydrogen) atoms. The highest BCUT2D eigenvalue weighted by atomic mass is 31.2. The van der Waals surface area contributed by atoms with Crippen molar-refractivity contribution < 1.29 is 80.2 Å². The number of esters is 4. The molecule has 0 bridgehead atoms. The number of aliphatic hydroxyl groups is 1. The Labute approximate surface area is 575 Å². The van der Waals surface area contributed by atoms with E-state index in [2.05, 4.69) is 34.6 Å². The molecular weight excluding hydrogens is 1230 g/mol. The van der Waals surface area contributed by atoms with Gasteiger partial charge in [0, 0.05) is 25.7 Å². The van der Waals surface area contributed by atoms with Gasteiger partial charge in [0.25, 0.3) is 0 Å². The molecule has 0 aromatic heterocycles. The van der Waals surface area contributed by atoms with E-state index >= 15 is 0 Å². The molecule has 19 heteroatoms. The van der Waals surface area contributed by atoms with Crippen molar-refractivity contribution in [3.8, 4) is 0 Å². The maximum Gasteiger partial charge on any atom is 0.472 e. The van der Waals surface area contributed by atoms with Crippen molar-refractivity contribution in [2.75, 3.05) is 39.6 Å². The minimum Gasteiger partial charge on any atom is -0.462 e. The molecular formula is C75H146O17P2. The summed E-state index contributed by atoms with van der Waals surface area (Å²) in [5.41, 5.74) is 0. The van der Waals surface area contributed by atoms with Gasteiger partial charge >= 0.3 is 39.5 Å². The van der Waals surface area contributed by atoms with E-state index in [9.17, 15) is 43.2 Å². The summed E-state index contributed by atoms with van der Waals surface area (Å²) in [6.45, 7) is 7.25. The normalized spacial score (nSPS) is 14.3. The third-order valence-corrected chi connectivity index (χ3v) is 19.8. The number of hydrogen-bond acceptors (Lipinski definition) is 15. The smallest absolute Gasteiger partial charge is 0.462 e. The highest BCUT2D eigenvalue weighted by Gasteiger charge is 2.30. The second kappa shape index (κ2) is 68.2. The molecule has 558 valence electrons. The minimum atomic E-state index is -4.95. The fourth-order valence-corrected chi connectivity index (χ4v) is 13.1. The maximum absolute atomic E-state index is 13.1. The third kappa shape index (κ3) is 67.3. The van der Waals surface area contributed by atoms with Crippen LogP contribution in [0.15, 0.2) is 0 Å². The van der Waals surface area contributed by atoms with Crippen LogP contribution in [0.25, 0.3) is 0 Å². The molecule has 0 rings (SSSR count). The number of unbranched alkanes of at least 4 members (excludes halogenated alkanes) is 46. The van der Waals surface area contributed by atoms with Gasteiger partial charge in [0.15, 0.2) is 12.2 Å². The first kappa shape index (κ1) is 92.1. The molecule has 3 unspecified atom stereocenters. The van der Waals surface area contributed by atoms with Crippen LogP contribution < -0.4 is 0 Å². The van der Waals surface area contributed by atoms with Gasteiger partial charge < -0.3 is 33.8 Å². The van der Waals surface area contributed by atoms with Crippen LogP contribution in [0.3, 0.4) is 0 Å². The van der Waals surface area contributed by atoms with E-state index in [-0.39, 0.29) is 25.7 Å². The van der Waals surface area contributed by atoms with Crippen molar-refractivity contribution in [3.05, 3.63) is 0 Å². The van der Waals surface area contributed by atoms with Crippen molar-refractivity contribution >= 4 is 39.5 Å². The second-order valence-electron chi connectivity index (χ2n) is 27.3. The summed E-state index contributed by atoms with van der Waals surface area (Å²) in [4.78, 5) is 72.4. The molecule has 6 atom stereocenters. The van der Waals surface area contributed by atoms with Crippen molar-refractivity contribution in [1.82, 2.24) is 0 Å². The van der Waals surface area contributed by atoms with Crippen molar-refractivity contribution in [2.45, 2.75) is 412 Å². The summed E-state index contributed by atoms with van der Waals surface area (Å²) in [5, 5.41) is 10.6. The molecule has 0 radical (unpaired) electrons. The molecule has 0 spiro atoms. The third-order valence-electron chi connectivity index (χ3n) is 17.9. The topological polar surface area (TPSA) is 237 Å². The Morgan fingerprint density at radius 2 is 0.511 bits per heavy atom. The van der Waals surface area contributed by atoms with Gasteiger partial charge in [-0.15, -0.1) is 0 Å². The van der Waals surface area contributed by atoms with E-state index in [4.69, 9.17) is 37.0 Å². The molecule has 0 saturated heterocycles. The van der Waals surface area contributed by atoms with Gasteiger partial charge in [-0.1, -0.05) is 343 Å². The molecule has 17 nitrogen and oxygen atoms in total. The Morgan fingerprint density at radius 3 is 0.755 bits per heavy atom. The summed E-state index contributed by atoms with van der Waals surface area (Å²) >= 11 is 0. The molecule has 0 amide bonds. The van der Waals surface area contributed by atoms with E-state index in [1.165, 1.54) is 212 Å². The quantitative estimate of drug-likeness (QED) is 0.0222. The van der Waals surface area contributed by atoms with E-state index in [0.717, 1.165) is 102 Å². The number of phosphoric ester groups is 2. The van der Waals surface area contributed by atoms with Crippen molar-refractivity contribution in [3.63, 3.8) is 0 Å². The molecule has 0 aliphatic heterocycles. The van der Waals surface area contributed by atoms with Crippen molar-refractivity contribution in [1.29, 1.82) is 0 Å². The standard InChI is InChI=1S/C75H146O17P2/c1-6-10-13-16-18-20-22-23-24-27-31-34-37-41-44-49-54-59-73(78)86-65-71(92-75(80)61-56-51-46-42-38-35-32-29-26-25-28-30-33-36-39-43-48-52-57-68(5)9-4)67-90-94(83,84)88-63-69(76)62-87-93(81,82)89-66-70(64-85-72(77)58-53-47-15-12-8-3)91-74(79)60-55-50-45-40-21-19-17-14-11-7-2/h68-71,76H,6-67H2,1-5H3,(H,81,82)(H,83,84)/t68?,69-,70+,71+/m0/s1. The zero-order valence-electron chi connectivity index (χ0n) is 61.1. The first-order valence-electron chi connectivity index (χ1n) is 39.2. The second-order valence-corrected chi connectivity index (χ2v) is 30.2. The summed E-state index contributed by atoms with van der Waals surface area (Å²) < 4.78 is 68.2. The van der Waals surface area contributed by atoms with E-state index in [0.29, 0.717) is 25.7 Å². The van der Waals surface area contributed by atoms with Crippen LogP contribution in [0.1, 0.15) is 394 Å². The Bertz CT molecular complexity index is 1810. The number of aliphatic hydroxyl groups excluding tert-OH is 1. The average molecular weight is 1380 g/mol. The number of rotatable bonds is 75. The van der Waals surface area contributed by atoms with Gasteiger partial charge in [-0.05, 0) is 31.6 Å². The Kier molecular flexibility index (Phi) is 66.8. The van der Waals surface area contributed by atoms with Crippen LogP contribution >= 0.6 is 15.6 Å². The van der Waals surface area contributed by atoms with Gasteiger partial charge in [-0.25, -0.2) is 9.13 Å². The van der Waals surface area contributed by atoms with Crippen molar-refractivity contribution in [2.24, 2.45) is 5.92 Å². The van der Waals surface area contributed by atoms with Crippen LogP contribution in [0.4, 0.5) is 0 Å². The number of ether oxygens (including phenoxy) is 4. The zero-order chi connectivity index (χ0) is 69.1. The lowest BCUT2D eigenvalue weighted by molar-refractivity contribution is -0.161. The largest absolute Gasteiger partial charge is 0.472 e. The van der Waals surface area contributed by atoms with Gasteiger partial charge in [-0.3, -0.25) is 37.3 Å². The van der Waals surface area contributed by atoms with Crippen LogP contribution in [0, 0.1) is 5.92 Å². The van der Waals surface area contributed by atoms with Gasteiger partial charge in [0.05, 0.1) is 26.4 Å². The Morgan fingerprint density at radius 1 is 0.298 bits per heavy atom. The van der Waals surface area contributed by atoms with E-state index in [1.54, 1.807) is 0 Å². The molecule has 0 fully saturated rings. The lowest BCUT2D eigenvalue weighted by atomic mass is 9.99. The molecule has 0 saturated carbocycles. The molecule has 0 aromatic carbocycles. The highest BCUT2D eigenvalue weighted by molar-refractivity contribution is 7.47. The number of phosphoric acid groups is 2. The first-order valence-corrected chi connectivity index (χ1v) is 42.2. The number of hydrogen-bond donors (Lipinski definition) is 3. The summed E-state index contributed by atoms with van der Waals surface area (Å²) in [5.74, 6) is -1.26. The molecule has 0 aromatic rings. The number of carbonyl (C=O) groups is 4. The fourth-order valence-electron chi connectivity index (χ4n) is 11.5. The summed E-state index contributed by atoms with van der Waals surface area (Å²) in [6, 6.07) is 0. The lowest BCUT2D eigenvalue weighted by Crippen LogP contribution is -2.30. The van der Waals surface area contributed by atoms with Gasteiger partial charge in [0.2, 0.25) is 0 Å². The SMILES string of the molecule is CCCCCCCCCCCCCCCCCCCC(=O)OC[C@H](COP(=O)(O)OC[C@@H](O)COP(=O)(O)OC[C@@H](COC(=O)CCCCCCC)OC(=O)CCCCCCCCCCCC)OC(=O)CCCCCCCCCCCCCCCCCCCCC(C)CC. The average Bonchev–Trinajstić information content (AvgIpc) is 1.52. The Hall–Kier alpha value is -1.94. The Balaban J connectivity index is 5.10. The van der Waals surface area contributed by atoms with E-state index in [1.807, 2.05) is 0 Å². The number of carbonyl (C=O) groups excluding carboxylic acids is 4. The van der Waals surface area contributed by atoms with Crippen LogP contribution in [0.5, 0.6) is 0 Å². The maximum atomic E-state index is 13.1. The van der Waals surface area contributed by atoms with Crippen LogP contribution in [-0.4, -0.2) is 96.7 Å². The summed E-state index contributed by atoms with van der Waals surface area (Å²) in [6.07, 6.45) is 57.4. The highest BCUT2D eigenvalue weighted by Crippen LogP contribution is 2.45. The molecule has 0 aliphatic rings. The predicted octanol–water partition coefficient (Wildman–Crippen LogP) is 22.1. The fraction of sp³-hybridized carbons (Fsp3) is 0.947. The molecule has 3 N–H and O–H groups in total. The van der Waals surface area contributed by atoms with Gasteiger partial charge in [-0.2, -0.15) is 0 Å². The molecule has 0 heterocycles. The monoisotopic (exact) mass is 1380 g/mol. The van der Waals surface area contributed by atoms with Crippen LogP contribution in [0.2, 0.25) is 0 Å². The zero-order valence-corrected chi connectivity index (χ0v) is 62.9. The minimum absolute atomic E-state index is 0.106. The van der Waals surface area contributed by atoms with Gasteiger partial charge in [0.1, 0.15) is 19.3 Å². The van der Waals surface area contributed by atoms with E-state index < -0.39 is 97.5 Å². The summed E-state index contributed by atoms with van der Waals surface area (Å²) in [7, 11) is -9.89. The van der Waals surface area contributed by atoms with Crippen LogP contribution in [-0.2, 0) is 65.4 Å². The lowest BCUT2D eigenvalue weighted by Gasteiger charge is -2.21. The first-order chi connectivity index (χ1) is 45.6. The predicted molar refractivity (Wildman–Crippen MR) is 382 cm³/mol.